The van der Waals surface area contributed by atoms with E-state index in [0.29, 0.717) is 0 Å². The van der Waals surface area contributed by atoms with E-state index in [1.165, 1.54) is 36.8 Å². The third-order valence-corrected chi connectivity index (χ3v) is 3.64. The van der Waals surface area contributed by atoms with Crippen molar-refractivity contribution < 1.29 is 0 Å². The quantitative estimate of drug-likeness (QED) is 0.851. The van der Waals surface area contributed by atoms with Crippen LogP contribution in [-0.2, 0) is 6.42 Å². The van der Waals surface area contributed by atoms with Crippen LogP contribution in [0.5, 0.6) is 0 Å². The topological polar surface area (TPSA) is 24.9 Å². The first-order chi connectivity index (χ1) is 8.43. The lowest BCUT2D eigenvalue weighted by Crippen LogP contribution is -2.30. The van der Waals surface area contributed by atoms with Crippen molar-refractivity contribution in [3.05, 3.63) is 42.1 Å². The SMILES string of the molecule is c1cc(C[C@@H]2CCCNC2)c2cccnc2c1. The van der Waals surface area contributed by atoms with E-state index in [1.807, 2.05) is 12.3 Å². The smallest absolute Gasteiger partial charge is 0.0704 e. The molecule has 1 aliphatic heterocycles. The summed E-state index contributed by atoms with van der Waals surface area (Å²) in [7, 11) is 0. The minimum atomic E-state index is 0.787. The van der Waals surface area contributed by atoms with Crippen LogP contribution in [0, 0.1) is 5.92 Å². The molecule has 2 nitrogen and oxygen atoms in total. The number of aromatic nitrogens is 1. The first-order valence-corrected chi connectivity index (χ1v) is 6.47. The summed E-state index contributed by atoms with van der Waals surface area (Å²) in [4.78, 5) is 4.42. The van der Waals surface area contributed by atoms with Gasteiger partial charge in [-0.3, -0.25) is 4.98 Å². The molecule has 0 amide bonds. The van der Waals surface area contributed by atoms with Crippen molar-refractivity contribution in [1.82, 2.24) is 10.3 Å². The summed E-state index contributed by atoms with van der Waals surface area (Å²) < 4.78 is 0. The summed E-state index contributed by atoms with van der Waals surface area (Å²) in [6, 6.07) is 10.7. The predicted molar refractivity (Wildman–Crippen MR) is 71.0 cm³/mol. The third-order valence-electron chi connectivity index (χ3n) is 3.64. The first-order valence-electron chi connectivity index (χ1n) is 6.47. The van der Waals surface area contributed by atoms with Crippen LogP contribution < -0.4 is 5.32 Å². The normalized spacial score (nSPS) is 20.6. The Balaban J connectivity index is 1.89. The van der Waals surface area contributed by atoms with Crippen LogP contribution in [0.25, 0.3) is 10.9 Å². The Bertz CT molecular complexity index is 496. The van der Waals surface area contributed by atoms with Crippen molar-refractivity contribution in [2.45, 2.75) is 19.3 Å². The van der Waals surface area contributed by atoms with Crippen molar-refractivity contribution in [3.63, 3.8) is 0 Å². The average molecular weight is 226 g/mol. The molecule has 17 heavy (non-hydrogen) atoms. The number of piperidine rings is 1. The summed E-state index contributed by atoms with van der Waals surface area (Å²) in [5, 5.41) is 4.81. The van der Waals surface area contributed by atoms with Gasteiger partial charge in [0.1, 0.15) is 0 Å². The van der Waals surface area contributed by atoms with Gasteiger partial charge >= 0.3 is 0 Å². The number of nitrogens with one attached hydrogen (secondary N) is 1. The molecule has 2 heterocycles. The van der Waals surface area contributed by atoms with Crippen molar-refractivity contribution in [2.24, 2.45) is 5.92 Å². The molecule has 1 saturated heterocycles. The maximum atomic E-state index is 4.42. The monoisotopic (exact) mass is 226 g/mol. The summed E-state index contributed by atoms with van der Waals surface area (Å²) in [6.07, 6.45) is 5.71. The number of hydrogen-bond acceptors (Lipinski definition) is 2. The molecule has 0 aliphatic carbocycles. The van der Waals surface area contributed by atoms with Gasteiger partial charge in [0.2, 0.25) is 0 Å². The van der Waals surface area contributed by atoms with Crippen LogP contribution in [0.3, 0.4) is 0 Å². The fourth-order valence-electron chi connectivity index (χ4n) is 2.75. The molecule has 1 fully saturated rings. The summed E-state index contributed by atoms with van der Waals surface area (Å²) in [5.74, 6) is 0.787. The zero-order chi connectivity index (χ0) is 11.5. The van der Waals surface area contributed by atoms with Gasteiger partial charge in [0, 0.05) is 11.6 Å². The van der Waals surface area contributed by atoms with E-state index < -0.39 is 0 Å². The van der Waals surface area contributed by atoms with E-state index in [4.69, 9.17) is 0 Å². The minimum absolute atomic E-state index is 0.787. The van der Waals surface area contributed by atoms with Crippen molar-refractivity contribution in [3.8, 4) is 0 Å². The molecular formula is C15H18N2. The fraction of sp³-hybridized carbons (Fsp3) is 0.400. The lowest BCUT2D eigenvalue weighted by Gasteiger charge is -2.23. The van der Waals surface area contributed by atoms with E-state index in [0.717, 1.165) is 18.0 Å². The van der Waals surface area contributed by atoms with E-state index in [-0.39, 0.29) is 0 Å². The number of benzene rings is 1. The molecule has 0 bridgehead atoms. The number of fused-ring (bicyclic) bond motifs is 1. The second kappa shape index (κ2) is 4.84. The van der Waals surface area contributed by atoms with Gasteiger partial charge in [-0.2, -0.15) is 0 Å². The van der Waals surface area contributed by atoms with E-state index in [1.54, 1.807) is 0 Å². The number of nitrogens with zero attached hydrogens (tertiary/aromatic N) is 1. The van der Waals surface area contributed by atoms with E-state index in [2.05, 4.69) is 34.6 Å². The molecule has 0 saturated carbocycles. The Morgan fingerprint density at radius 3 is 3.12 bits per heavy atom. The molecule has 2 aromatic rings. The van der Waals surface area contributed by atoms with Crippen molar-refractivity contribution in [1.29, 1.82) is 0 Å². The summed E-state index contributed by atoms with van der Waals surface area (Å²) >= 11 is 0. The highest BCUT2D eigenvalue weighted by Gasteiger charge is 2.14. The highest BCUT2D eigenvalue weighted by molar-refractivity contribution is 5.81. The molecule has 1 atom stereocenters. The number of hydrogen-bond donors (Lipinski definition) is 1. The molecule has 1 aromatic heterocycles. The molecule has 1 N–H and O–H groups in total. The minimum Gasteiger partial charge on any atom is -0.316 e. The van der Waals surface area contributed by atoms with Crippen LogP contribution in [0.2, 0.25) is 0 Å². The zero-order valence-corrected chi connectivity index (χ0v) is 10.0. The standard InChI is InChI=1S/C15H18N2/c1-5-13(10-12-4-2-8-16-11-12)14-6-3-9-17-15(14)7-1/h1,3,5-7,9,12,16H,2,4,8,10-11H2/t12-/m0/s1. The molecule has 1 aromatic carbocycles. The maximum Gasteiger partial charge on any atom is 0.0704 e. The molecule has 0 spiro atoms. The van der Waals surface area contributed by atoms with Crippen LogP contribution in [0.15, 0.2) is 36.5 Å². The van der Waals surface area contributed by atoms with Gasteiger partial charge in [-0.25, -0.2) is 0 Å². The number of pyridine rings is 1. The third kappa shape index (κ3) is 2.32. The van der Waals surface area contributed by atoms with E-state index in [9.17, 15) is 0 Å². The van der Waals surface area contributed by atoms with Crippen molar-refractivity contribution >= 4 is 10.9 Å². The molecule has 0 radical (unpaired) electrons. The van der Waals surface area contributed by atoms with Gasteiger partial charge in [-0.1, -0.05) is 18.2 Å². The van der Waals surface area contributed by atoms with Crippen LogP contribution >= 0.6 is 0 Å². The Hall–Kier alpha value is -1.41. The van der Waals surface area contributed by atoms with Gasteiger partial charge < -0.3 is 5.32 Å². The molecule has 2 heteroatoms. The second-order valence-corrected chi connectivity index (χ2v) is 4.90. The highest BCUT2D eigenvalue weighted by Crippen LogP contribution is 2.22. The van der Waals surface area contributed by atoms with Gasteiger partial charge in [-0.15, -0.1) is 0 Å². The lowest BCUT2D eigenvalue weighted by molar-refractivity contribution is 0.377. The summed E-state index contributed by atoms with van der Waals surface area (Å²) in [5.41, 5.74) is 2.57. The van der Waals surface area contributed by atoms with E-state index >= 15 is 0 Å². The van der Waals surface area contributed by atoms with Gasteiger partial charge in [0.15, 0.2) is 0 Å². The maximum absolute atomic E-state index is 4.42. The van der Waals surface area contributed by atoms with Crippen LogP contribution in [0.1, 0.15) is 18.4 Å². The van der Waals surface area contributed by atoms with Crippen LogP contribution in [-0.4, -0.2) is 18.1 Å². The van der Waals surface area contributed by atoms with Gasteiger partial charge in [-0.05, 0) is 56.0 Å². The fourth-order valence-corrected chi connectivity index (χ4v) is 2.75. The molecular weight excluding hydrogens is 208 g/mol. The molecule has 0 unspecified atom stereocenters. The molecule has 3 rings (SSSR count). The Labute approximate surface area is 102 Å². The Kier molecular flexibility index (Phi) is 3.06. The van der Waals surface area contributed by atoms with Crippen LogP contribution in [0.4, 0.5) is 0 Å². The predicted octanol–water partition coefficient (Wildman–Crippen LogP) is 2.78. The lowest BCUT2D eigenvalue weighted by atomic mass is 9.91. The van der Waals surface area contributed by atoms with Gasteiger partial charge in [0.25, 0.3) is 0 Å². The van der Waals surface area contributed by atoms with Crippen molar-refractivity contribution in [2.75, 3.05) is 13.1 Å². The second-order valence-electron chi connectivity index (χ2n) is 4.90. The Morgan fingerprint density at radius 2 is 2.24 bits per heavy atom. The average Bonchev–Trinajstić information content (AvgIpc) is 2.40. The zero-order valence-electron chi connectivity index (χ0n) is 10.0. The van der Waals surface area contributed by atoms with Gasteiger partial charge in [0.05, 0.1) is 5.52 Å². The number of rotatable bonds is 2. The summed E-state index contributed by atoms with van der Waals surface area (Å²) in [6.45, 7) is 2.35. The molecule has 1 aliphatic rings. The highest BCUT2D eigenvalue weighted by atomic mass is 14.9. The Morgan fingerprint density at radius 1 is 1.24 bits per heavy atom. The molecule has 88 valence electrons. The largest absolute Gasteiger partial charge is 0.316 e. The first kappa shape index (κ1) is 10.7.